The van der Waals surface area contributed by atoms with E-state index in [0.717, 1.165) is 24.8 Å². The molecule has 0 bridgehead atoms. The average Bonchev–Trinajstić information content (AvgIpc) is 2.39. The van der Waals surface area contributed by atoms with E-state index in [1.807, 2.05) is 11.8 Å². The van der Waals surface area contributed by atoms with E-state index in [0.29, 0.717) is 11.6 Å². The first kappa shape index (κ1) is 14.4. The molecule has 3 atom stereocenters. The maximum atomic E-state index is 12.2. The molecule has 3 unspecified atom stereocenters. The van der Waals surface area contributed by atoms with E-state index in [4.69, 9.17) is 0 Å². The van der Waals surface area contributed by atoms with Gasteiger partial charge in [-0.2, -0.15) is 0 Å². The Morgan fingerprint density at radius 1 is 1.42 bits per heavy atom. The highest BCUT2D eigenvalue weighted by Crippen LogP contribution is 2.40. The zero-order chi connectivity index (χ0) is 14.0. The van der Waals surface area contributed by atoms with Crippen LogP contribution in [0.3, 0.4) is 0 Å². The van der Waals surface area contributed by atoms with E-state index in [2.05, 4.69) is 26.5 Å². The summed E-state index contributed by atoms with van der Waals surface area (Å²) < 4.78 is 0. The number of hydrogen-bond acceptors (Lipinski definition) is 1. The number of carbonyl (C=O) groups is 1. The van der Waals surface area contributed by atoms with Gasteiger partial charge in [0.1, 0.15) is 0 Å². The number of hydrogen-bond donors (Lipinski definition) is 0. The molecule has 1 amide bonds. The Labute approximate surface area is 117 Å². The molecule has 2 aliphatic rings. The lowest BCUT2D eigenvalue weighted by molar-refractivity contribution is -0.130. The van der Waals surface area contributed by atoms with Crippen LogP contribution in [0, 0.1) is 11.8 Å². The summed E-state index contributed by atoms with van der Waals surface area (Å²) in [5.41, 5.74) is 2.23. The maximum absolute atomic E-state index is 12.2. The van der Waals surface area contributed by atoms with Crippen LogP contribution in [0.5, 0.6) is 0 Å². The molecule has 1 fully saturated rings. The first-order valence-electron chi connectivity index (χ1n) is 7.66. The van der Waals surface area contributed by atoms with Gasteiger partial charge in [0.25, 0.3) is 0 Å². The molecule has 1 saturated carbocycles. The Balaban J connectivity index is 2.04. The standard InChI is InChI=1S/C17H27NO/c1-5-18(17(19)12(2)3)16-9-8-14-10-13(4)6-7-15(14)11-16/h10,14-16H,2,5-9,11H2,1,3-4H3. The molecule has 0 aromatic carbocycles. The highest BCUT2D eigenvalue weighted by molar-refractivity contribution is 5.92. The van der Waals surface area contributed by atoms with Gasteiger partial charge in [-0.1, -0.05) is 18.2 Å². The van der Waals surface area contributed by atoms with Crippen LogP contribution in [0.2, 0.25) is 0 Å². The van der Waals surface area contributed by atoms with Crippen molar-refractivity contribution < 1.29 is 4.79 Å². The summed E-state index contributed by atoms with van der Waals surface area (Å²) in [5.74, 6) is 1.70. The van der Waals surface area contributed by atoms with E-state index in [-0.39, 0.29) is 5.91 Å². The normalized spacial score (nSPS) is 30.3. The number of nitrogens with zero attached hydrogens (tertiary/aromatic N) is 1. The first-order chi connectivity index (χ1) is 9.02. The van der Waals surface area contributed by atoms with E-state index in [1.54, 1.807) is 5.57 Å². The third-order valence-electron chi connectivity index (χ3n) is 4.83. The quantitative estimate of drug-likeness (QED) is 0.556. The second-order valence-corrected chi connectivity index (χ2v) is 6.31. The first-order valence-corrected chi connectivity index (χ1v) is 7.66. The fourth-order valence-corrected chi connectivity index (χ4v) is 3.77. The van der Waals surface area contributed by atoms with Crippen LogP contribution in [-0.4, -0.2) is 23.4 Å². The molecule has 0 aromatic rings. The summed E-state index contributed by atoms with van der Waals surface area (Å²) in [6.45, 7) is 10.8. The van der Waals surface area contributed by atoms with Crippen LogP contribution in [0.15, 0.2) is 23.8 Å². The highest BCUT2D eigenvalue weighted by atomic mass is 16.2. The van der Waals surface area contributed by atoms with E-state index >= 15 is 0 Å². The molecule has 106 valence electrons. The molecule has 2 nitrogen and oxygen atoms in total. The summed E-state index contributed by atoms with van der Waals surface area (Å²) in [7, 11) is 0. The summed E-state index contributed by atoms with van der Waals surface area (Å²) >= 11 is 0. The van der Waals surface area contributed by atoms with Gasteiger partial charge in [-0.25, -0.2) is 0 Å². The highest BCUT2D eigenvalue weighted by Gasteiger charge is 2.34. The van der Waals surface area contributed by atoms with Crippen LogP contribution in [0.1, 0.15) is 52.9 Å². The Kier molecular flexibility index (Phi) is 4.49. The second-order valence-electron chi connectivity index (χ2n) is 6.31. The van der Waals surface area contributed by atoms with Crippen molar-refractivity contribution in [2.24, 2.45) is 11.8 Å². The Morgan fingerprint density at radius 2 is 2.16 bits per heavy atom. The lowest BCUT2D eigenvalue weighted by Crippen LogP contribution is -2.45. The van der Waals surface area contributed by atoms with Crippen LogP contribution >= 0.6 is 0 Å². The molecule has 0 N–H and O–H groups in total. The largest absolute Gasteiger partial charge is 0.336 e. The third-order valence-corrected chi connectivity index (χ3v) is 4.83. The number of allylic oxidation sites excluding steroid dienone is 2. The number of likely N-dealkylation sites (N-methyl/N-ethyl adjacent to an activating group) is 1. The molecule has 0 aromatic heterocycles. The lowest BCUT2D eigenvalue weighted by Gasteiger charge is -2.42. The third kappa shape index (κ3) is 3.10. The molecule has 0 aliphatic heterocycles. The molecule has 2 heteroatoms. The molecule has 0 radical (unpaired) electrons. The van der Waals surface area contributed by atoms with Crippen LogP contribution in [0.4, 0.5) is 0 Å². The maximum Gasteiger partial charge on any atom is 0.249 e. The van der Waals surface area contributed by atoms with Gasteiger partial charge in [-0.3, -0.25) is 4.79 Å². The number of amides is 1. The fraction of sp³-hybridized carbons (Fsp3) is 0.706. The molecule has 2 rings (SSSR count). The molecule has 2 aliphatic carbocycles. The number of carbonyl (C=O) groups excluding carboxylic acids is 1. The van der Waals surface area contributed by atoms with Gasteiger partial charge in [0, 0.05) is 18.2 Å². The average molecular weight is 261 g/mol. The predicted octanol–water partition coefficient (Wildman–Crippen LogP) is 3.94. The van der Waals surface area contributed by atoms with Crippen molar-refractivity contribution in [1.29, 1.82) is 0 Å². The Morgan fingerprint density at radius 3 is 2.79 bits per heavy atom. The zero-order valence-electron chi connectivity index (χ0n) is 12.6. The smallest absolute Gasteiger partial charge is 0.249 e. The molecule has 19 heavy (non-hydrogen) atoms. The van der Waals surface area contributed by atoms with Gasteiger partial charge >= 0.3 is 0 Å². The van der Waals surface area contributed by atoms with E-state index in [9.17, 15) is 4.79 Å². The van der Waals surface area contributed by atoms with Crippen molar-refractivity contribution in [2.75, 3.05) is 6.54 Å². The van der Waals surface area contributed by atoms with Crippen molar-refractivity contribution in [3.63, 3.8) is 0 Å². The minimum absolute atomic E-state index is 0.147. The van der Waals surface area contributed by atoms with Gasteiger partial charge in [-0.05, 0) is 64.7 Å². The van der Waals surface area contributed by atoms with Crippen LogP contribution < -0.4 is 0 Å². The van der Waals surface area contributed by atoms with E-state index in [1.165, 1.54) is 25.7 Å². The van der Waals surface area contributed by atoms with E-state index < -0.39 is 0 Å². The van der Waals surface area contributed by atoms with Gasteiger partial charge in [-0.15, -0.1) is 0 Å². The van der Waals surface area contributed by atoms with Crippen molar-refractivity contribution >= 4 is 5.91 Å². The van der Waals surface area contributed by atoms with Crippen LogP contribution in [-0.2, 0) is 4.79 Å². The lowest BCUT2D eigenvalue weighted by atomic mass is 9.70. The minimum Gasteiger partial charge on any atom is -0.336 e. The van der Waals surface area contributed by atoms with Crippen molar-refractivity contribution in [3.8, 4) is 0 Å². The molecular formula is C17H27NO. The topological polar surface area (TPSA) is 20.3 Å². The Hall–Kier alpha value is -1.05. The Bertz CT molecular complexity index is 396. The number of rotatable bonds is 3. The van der Waals surface area contributed by atoms with Crippen molar-refractivity contribution in [2.45, 2.75) is 58.9 Å². The monoisotopic (exact) mass is 261 g/mol. The fourth-order valence-electron chi connectivity index (χ4n) is 3.77. The molecule has 0 heterocycles. The van der Waals surface area contributed by atoms with Gasteiger partial charge in [0.15, 0.2) is 0 Å². The summed E-state index contributed by atoms with van der Waals surface area (Å²) in [6, 6.07) is 0.433. The molecular weight excluding hydrogens is 234 g/mol. The zero-order valence-corrected chi connectivity index (χ0v) is 12.6. The van der Waals surface area contributed by atoms with Gasteiger partial charge in [0.05, 0.1) is 0 Å². The van der Waals surface area contributed by atoms with Crippen molar-refractivity contribution in [3.05, 3.63) is 23.8 Å². The minimum atomic E-state index is 0.147. The van der Waals surface area contributed by atoms with Gasteiger partial charge < -0.3 is 4.90 Å². The SMILES string of the molecule is C=C(C)C(=O)N(CC)C1CCC2C=C(C)CCC2C1. The molecule has 0 saturated heterocycles. The summed E-state index contributed by atoms with van der Waals surface area (Å²) in [4.78, 5) is 14.2. The predicted molar refractivity (Wildman–Crippen MR) is 79.8 cm³/mol. The second kappa shape index (κ2) is 5.94. The summed E-state index contributed by atoms with van der Waals surface area (Å²) in [5, 5.41) is 0. The molecule has 0 spiro atoms. The van der Waals surface area contributed by atoms with Crippen molar-refractivity contribution in [1.82, 2.24) is 4.90 Å². The van der Waals surface area contributed by atoms with Crippen LogP contribution in [0.25, 0.3) is 0 Å². The summed E-state index contributed by atoms with van der Waals surface area (Å²) in [6.07, 6.45) is 8.61. The van der Waals surface area contributed by atoms with Gasteiger partial charge in [0.2, 0.25) is 5.91 Å². The number of fused-ring (bicyclic) bond motifs is 1.